The molecule has 19 heavy (non-hydrogen) atoms. The van der Waals surface area contributed by atoms with Crippen molar-refractivity contribution in [2.75, 3.05) is 25.0 Å². The summed E-state index contributed by atoms with van der Waals surface area (Å²) in [6.45, 7) is 4.12. The van der Waals surface area contributed by atoms with E-state index in [4.69, 9.17) is 5.11 Å². The van der Waals surface area contributed by atoms with Crippen LogP contribution in [0.4, 0.5) is 14.5 Å². The van der Waals surface area contributed by atoms with E-state index in [-0.39, 0.29) is 24.9 Å². The molecule has 0 atom stereocenters. The standard InChI is InChI=1S/C13H18F2N2O2/c1-9(2)17(5-6-18)8-13(19)16-12-4-3-10(14)7-11(12)15/h3-4,7,9,18H,5-6,8H2,1-2H3,(H,16,19). The van der Waals surface area contributed by atoms with Crippen LogP contribution in [0.15, 0.2) is 18.2 Å². The predicted molar refractivity (Wildman–Crippen MR) is 68.8 cm³/mol. The second kappa shape index (κ2) is 7.16. The number of aliphatic hydroxyl groups excluding tert-OH is 1. The van der Waals surface area contributed by atoms with Gasteiger partial charge in [0, 0.05) is 18.7 Å². The van der Waals surface area contributed by atoms with Gasteiger partial charge in [-0.2, -0.15) is 0 Å². The van der Waals surface area contributed by atoms with Crippen LogP contribution >= 0.6 is 0 Å². The first-order chi connectivity index (χ1) is 8.93. The van der Waals surface area contributed by atoms with Gasteiger partial charge >= 0.3 is 0 Å². The number of amides is 1. The average molecular weight is 272 g/mol. The lowest BCUT2D eigenvalue weighted by atomic mass is 10.2. The third-order valence-electron chi connectivity index (χ3n) is 2.67. The first kappa shape index (κ1) is 15.5. The zero-order chi connectivity index (χ0) is 14.4. The number of halogens is 2. The first-order valence-corrected chi connectivity index (χ1v) is 6.04. The molecule has 0 unspecified atom stereocenters. The van der Waals surface area contributed by atoms with E-state index in [1.165, 1.54) is 6.07 Å². The lowest BCUT2D eigenvalue weighted by Crippen LogP contribution is -2.39. The van der Waals surface area contributed by atoms with Gasteiger partial charge in [-0.05, 0) is 26.0 Å². The number of hydrogen-bond donors (Lipinski definition) is 2. The van der Waals surface area contributed by atoms with Crippen LogP contribution in [0.2, 0.25) is 0 Å². The molecule has 1 amide bonds. The molecule has 0 saturated heterocycles. The Hall–Kier alpha value is -1.53. The molecule has 4 nitrogen and oxygen atoms in total. The second-order valence-electron chi connectivity index (χ2n) is 4.46. The molecule has 0 radical (unpaired) electrons. The Kier molecular flexibility index (Phi) is 5.85. The third-order valence-corrected chi connectivity index (χ3v) is 2.67. The van der Waals surface area contributed by atoms with E-state index in [9.17, 15) is 13.6 Å². The molecule has 0 aliphatic rings. The fourth-order valence-electron chi connectivity index (χ4n) is 1.61. The van der Waals surface area contributed by atoms with Crippen LogP contribution in [0.3, 0.4) is 0 Å². The van der Waals surface area contributed by atoms with E-state index >= 15 is 0 Å². The topological polar surface area (TPSA) is 52.6 Å². The summed E-state index contributed by atoms with van der Waals surface area (Å²) in [6, 6.07) is 3.04. The number of nitrogens with one attached hydrogen (secondary N) is 1. The molecule has 0 aliphatic carbocycles. The molecule has 2 N–H and O–H groups in total. The highest BCUT2D eigenvalue weighted by Crippen LogP contribution is 2.14. The molecule has 1 aromatic carbocycles. The molecule has 0 aromatic heterocycles. The fourth-order valence-corrected chi connectivity index (χ4v) is 1.61. The molecular weight excluding hydrogens is 254 g/mol. The highest BCUT2D eigenvalue weighted by Gasteiger charge is 2.14. The van der Waals surface area contributed by atoms with Crippen molar-refractivity contribution in [3.63, 3.8) is 0 Å². The number of aliphatic hydroxyl groups is 1. The molecule has 0 saturated carbocycles. The summed E-state index contributed by atoms with van der Waals surface area (Å²) in [7, 11) is 0. The SMILES string of the molecule is CC(C)N(CCO)CC(=O)Nc1ccc(F)cc1F. The van der Waals surface area contributed by atoms with Gasteiger partial charge in [0.15, 0.2) is 0 Å². The van der Waals surface area contributed by atoms with E-state index in [1.807, 2.05) is 13.8 Å². The Labute approximate surface area is 111 Å². The molecular formula is C13H18F2N2O2. The molecule has 1 rings (SSSR count). The first-order valence-electron chi connectivity index (χ1n) is 6.04. The molecule has 0 heterocycles. The molecule has 106 valence electrons. The summed E-state index contributed by atoms with van der Waals surface area (Å²) in [6.07, 6.45) is 0. The van der Waals surface area contributed by atoms with Crippen molar-refractivity contribution in [1.82, 2.24) is 4.90 Å². The van der Waals surface area contributed by atoms with Gasteiger partial charge in [0.25, 0.3) is 0 Å². The van der Waals surface area contributed by atoms with Gasteiger partial charge in [0.05, 0.1) is 18.8 Å². The van der Waals surface area contributed by atoms with Gasteiger partial charge in [-0.1, -0.05) is 0 Å². The monoisotopic (exact) mass is 272 g/mol. The molecule has 0 spiro atoms. The molecule has 6 heteroatoms. The lowest BCUT2D eigenvalue weighted by Gasteiger charge is -2.24. The number of hydrogen-bond acceptors (Lipinski definition) is 3. The van der Waals surface area contributed by atoms with Crippen molar-refractivity contribution in [3.8, 4) is 0 Å². The predicted octanol–water partition coefficient (Wildman–Crippen LogP) is 1.61. The van der Waals surface area contributed by atoms with E-state index in [2.05, 4.69) is 5.32 Å². The Morgan fingerprint density at radius 3 is 2.63 bits per heavy atom. The van der Waals surface area contributed by atoms with Crippen molar-refractivity contribution >= 4 is 11.6 Å². The van der Waals surface area contributed by atoms with Gasteiger partial charge in [-0.25, -0.2) is 8.78 Å². The minimum atomic E-state index is -0.813. The Morgan fingerprint density at radius 1 is 1.42 bits per heavy atom. The van der Waals surface area contributed by atoms with Crippen molar-refractivity contribution in [3.05, 3.63) is 29.8 Å². The molecule has 0 bridgehead atoms. The average Bonchev–Trinajstić information content (AvgIpc) is 2.32. The summed E-state index contributed by atoms with van der Waals surface area (Å²) < 4.78 is 26.1. The summed E-state index contributed by atoms with van der Waals surface area (Å²) in [5.41, 5.74) is -0.0564. The van der Waals surface area contributed by atoms with Crippen LogP contribution in [-0.2, 0) is 4.79 Å². The minimum Gasteiger partial charge on any atom is -0.395 e. The number of carbonyl (C=O) groups is 1. The van der Waals surface area contributed by atoms with Gasteiger partial charge in [0.1, 0.15) is 11.6 Å². The lowest BCUT2D eigenvalue weighted by molar-refractivity contribution is -0.117. The largest absolute Gasteiger partial charge is 0.395 e. The Balaban J connectivity index is 2.63. The molecule has 0 fully saturated rings. The number of benzene rings is 1. The summed E-state index contributed by atoms with van der Waals surface area (Å²) in [4.78, 5) is 13.5. The zero-order valence-corrected chi connectivity index (χ0v) is 11.0. The molecule has 1 aromatic rings. The van der Waals surface area contributed by atoms with Gasteiger partial charge in [-0.3, -0.25) is 9.69 Å². The van der Waals surface area contributed by atoms with E-state index in [0.717, 1.165) is 6.07 Å². The maximum atomic E-state index is 13.3. The number of carbonyl (C=O) groups excluding carboxylic acids is 1. The van der Waals surface area contributed by atoms with Crippen LogP contribution in [0.1, 0.15) is 13.8 Å². The summed E-state index contributed by atoms with van der Waals surface area (Å²) >= 11 is 0. The van der Waals surface area contributed by atoms with Crippen molar-refractivity contribution in [1.29, 1.82) is 0 Å². The second-order valence-corrected chi connectivity index (χ2v) is 4.46. The maximum Gasteiger partial charge on any atom is 0.238 e. The fraction of sp³-hybridized carbons (Fsp3) is 0.462. The van der Waals surface area contributed by atoms with Gasteiger partial charge < -0.3 is 10.4 Å². The van der Waals surface area contributed by atoms with Crippen molar-refractivity contribution in [2.45, 2.75) is 19.9 Å². The molecule has 0 aliphatic heterocycles. The van der Waals surface area contributed by atoms with E-state index < -0.39 is 17.5 Å². The van der Waals surface area contributed by atoms with Gasteiger partial charge in [0.2, 0.25) is 5.91 Å². The number of rotatable bonds is 6. The Bertz CT molecular complexity index is 439. The summed E-state index contributed by atoms with van der Waals surface area (Å²) in [5, 5.41) is 11.3. The highest BCUT2D eigenvalue weighted by atomic mass is 19.1. The van der Waals surface area contributed by atoms with E-state index in [0.29, 0.717) is 12.6 Å². The third kappa shape index (κ3) is 4.92. The van der Waals surface area contributed by atoms with Crippen LogP contribution in [0.25, 0.3) is 0 Å². The van der Waals surface area contributed by atoms with Crippen LogP contribution in [0, 0.1) is 11.6 Å². The van der Waals surface area contributed by atoms with Crippen LogP contribution in [-0.4, -0.2) is 41.7 Å². The maximum absolute atomic E-state index is 13.3. The Morgan fingerprint density at radius 2 is 2.11 bits per heavy atom. The number of anilines is 1. The van der Waals surface area contributed by atoms with Gasteiger partial charge in [-0.15, -0.1) is 0 Å². The van der Waals surface area contributed by atoms with E-state index in [1.54, 1.807) is 4.90 Å². The van der Waals surface area contributed by atoms with Crippen molar-refractivity contribution < 1.29 is 18.7 Å². The normalized spacial score (nSPS) is 11.1. The number of nitrogens with zero attached hydrogens (tertiary/aromatic N) is 1. The zero-order valence-electron chi connectivity index (χ0n) is 11.0. The smallest absolute Gasteiger partial charge is 0.238 e. The summed E-state index contributed by atoms with van der Waals surface area (Å²) in [5.74, 6) is -1.92. The van der Waals surface area contributed by atoms with Crippen LogP contribution in [0.5, 0.6) is 0 Å². The van der Waals surface area contributed by atoms with Crippen LogP contribution < -0.4 is 5.32 Å². The quantitative estimate of drug-likeness (QED) is 0.827. The highest BCUT2D eigenvalue weighted by molar-refractivity contribution is 5.92. The minimum absolute atomic E-state index is 0.0367. The van der Waals surface area contributed by atoms with Crippen molar-refractivity contribution in [2.24, 2.45) is 0 Å².